The van der Waals surface area contributed by atoms with E-state index in [9.17, 15) is 9.59 Å². The van der Waals surface area contributed by atoms with Gasteiger partial charge in [-0.1, -0.05) is 29.3 Å². The number of nitrogens with zero attached hydrogens (tertiary/aromatic N) is 2. The summed E-state index contributed by atoms with van der Waals surface area (Å²) in [6.45, 7) is 7.75. The van der Waals surface area contributed by atoms with Crippen molar-refractivity contribution in [2.24, 2.45) is 0 Å². The lowest BCUT2D eigenvalue weighted by Gasteiger charge is -2.36. The Morgan fingerprint density at radius 3 is 2.30 bits per heavy atom. The number of aryl methyl sites for hydroxylation is 2. The van der Waals surface area contributed by atoms with Gasteiger partial charge in [0, 0.05) is 38.1 Å². The maximum absolute atomic E-state index is 12.5. The topological polar surface area (TPSA) is 61.9 Å². The van der Waals surface area contributed by atoms with Crippen molar-refractivity contribution >= 4 is 46.4 Å². The molecule has 0 bridgehead atoms. The molecule has 3 rings (SSSR count). The van der Waals surface area contributed by atoms with Gasteiger partial charge in [0.2, 0.25) is 5.91 Å². The number of carbonyl (C=O) groups is 2. The fraction of sp³-hybridized carbons (Fsp3) is 0.364. The highest BCUT2D eigenvalue weighted by Gasteiger charge is 2.23. The molecule has 8 heteroatoms. The average Bonchev–Trinajstić information content (AvgIpc) is 2.70. The molecule has 2 aromatic rings. The van der Waals surface area contributed by atoms with Crippen LogP contribution in [0.15, 0.2) is 30.3 Å². The second-order valence-corrected chi connectivity index (χ2v) is 8.12. The second-order valence-electron chi connectivity index (χ2n) is 7.34. The monoisotopic (exact) mass is 449 g/mol. The van der Waals surface area contributed by atoms with Crippen LogP contribution in [0, 0.1) is 13.8 Å². The number of carbonyl (C=O) groups excluding carboxylic acids is 2. The number of piperazine rings is 1. The zero-order valence-electron chi connectivity index (χ0n) is 17.3. The Bertz CT molecular complexity index is 934. The van der Waals surface area contributed by atoms with E-state index in [1.54, 1.807) is 24.0 Å². The Morgan fingerprint density at radius 1 is 1.07 bits per heavy atom. The molecule has 1 heterocycles. The number of para-hydroxylation sites is 1. The molecule has 2 amide bonds. The summed E-state index contributed by atoms with van der Waals surface area (Å²) in [7, 11) is 0. The molecule has 1 aliphatic rings. The van der Waals surface area contributed by atoms with Crippen LogP contribution in [0.2, 0.25) is 10.0 Å². The van der Waals surface area contributed by atoms with Gasteiger partial charge in [0.05, 0.1) is 16.4 Å². The lowest BCUT2D eigenvalue weighted by molar-refractivity contribution is -0.129. The van der Waals surface area contributed by atoms with E-state index >= 15 is 0 Å². The average molecular weight is 450 g/mol. The van der Waals surface area contributed by atoms with E-state index < -0.39 is 0 Å². The van der Waals surface area contributed by atoms with Crippen molar-refractivity contribution in [2.45, 2.75) is 20.8 Å². The van der Waals surface area contributed by atoms with Gasteiger partial charge in [-0.2, -0.15) is 0 Å². The van der Waals surface area contributed by atoms with Gasteiger partial charge in [-0.05, 0) is 49.2 Å². The molecule has 0 atom stereocenters. The Kier molecular flexibility index (Phi) is 7.10. The molecule has 1 fully saturated rings. The van der Waals surface area contributed by atoms with Crippen molar-refractivity contribution in [3.63, 3.8) is 0 Å². The standard InChI is InChI=1S/C22H25Cl2N3O3/c1-14-11-17(12-15(2)21(14)24)30-13-20(29)25-19-6-4-5-18(23)22(19)27-9-7-26(8-10-27)16(3)28/h4-6,11-12H,7-10,13H2,1-3H3,(H,25,29). The van der Waals surface area contributed by atoms with E-state index in [1.807, 2.05) is 32.0 Å². The smallest absolute Gasteiger partial charge is 0.262 e. The van der Waals surface area contributed by atoms with Crippen LogP contribution in [-0.2, 0) is 9.59 Å². The van der Waals surface area contributed by atoms with Crippen LogP contribution in [0.5, 0.6) is 5.75 Å². The van der Waals surface area contributed by atoms with E-state index in [0.29, 0.717) is 47.7 Å². The predicted octanol–water partition coefficient (Wildman–Crippen LogP) is 4.30. The predicted molar refractivity (Wildman–Crippen MR) is 121 cm³/mol. The van der Waals surface area contributed by atoms with Crippen molar-refractivity contribution in [3.8, 4) is 5.75 Å². The van der Waals surface area contributed by atoms with E-state index in [1.165, 1.54) is 0 Å². The van der Waals surface area contributed by atoms with Gasteiger partial charge >= 0.3 is 0 Å². The molecule has 160 valence electrons. The van der Waals surface area contributed by atoms with Gasteiger partial charge < -0.3 is 19.9 Å². The van der Waals surface area contributed by atoms with Crippen LogP contribution < -0.4 is 15.0 Å². The highest BCUT2D eigenvalue weighted by Crippen LogP contribution is 2.34. The first-order chi connectivity index (χ1) is 14.3. The summed E-state index contributed by atoms with van der Waals surface area (Å²) in [6.07, 6.45) is 0. The number of hydrogen-bond acceptors (Lipinski definition) is 4. The van der Waals surface area contributed by atoms with Gasteiger partial charge in [-0.15, -0.1) is 0 Å². The Balaban J connectivity index is 1.67. The minimum absolute atomic E-state index is 0.0622. The summed E-state index contributed by atoms with van der Waals surface area (Å²) < 4.78 is 5.65. The zero-order valence-corrected chi connectivity index (χ0v) is 18.8. The van der Waals surface area contributed by atoms with Crippen LogP contribution in [0.3, 0.4) is 0 Å². The number of ether oxygens (including phenoxy) is 1. The molecule has 0 spiro atoms. The van der Waals surface area contributed by atoms with Gasteiger partial charge in [0.25, 0.3) is 5.91 Å². The van der Waals surface area contributed by atoms with Crippen molar-refractivity contribution in [2.75, 3.05) is 43.0 Å². The molecule has 0 saturated carbocycles. The van der Waals surface area contributed by atoms with Crippen molar-refractivity contribution in [1.82, 2.24) is 4.90 Å². The Hall–Kier alpha value is -2.44. The maximum Gasteiger partial charge on any atom is 0.262 e. The molecule has 0 unspecified atom stereocenters. The molecule has 30 heavy (non-hydrogen) atoms. The summed E-state index contributed by atoms with van der Waals surface area (Å²) in [5.41, 5.74) is 3.17. The van der Waals surface area contributed by atoms with E-state index in [-0.39, 0.29) is 18.4 Å². The fourth-order valence-electron chi connectivity index (χ4n) is 3.51. The molecular formula is C22H25Cl2N3O3. The van der Waals surface area contributed by atoms with Gasteiger partial charge in [-0.3, -0.25) is 9.59 Å². The number of halogens is 2. The summed E-state index contributed by atoms with van der Waals surface area (Å²) in [4.78, 5) is 28.0. The quantitative estimate of drug-likeness (QED) is 0.738. The third kappa shape index (κ3) is 5.18. The lowest BCUT2D eigenvalue weighted by atomic mass is 10.1. The molecular weight excluding hydrogens is 425 g/mol. The normalized spacial score (nSPS) is 13.9. The third-order valence-electron chi connectivity index (χ3n) is 5.08. The van der Waals surface area contributed by atoms with E-state index in [4.69, 9.17) is 27.9 Å². The van der Waals surface area contributed by atoms with Gasteiger partial charge in [0.15, 0.2) is 6.61 Å². The molecule has 1 aliphatic heterocycles. The number of rotatable bonds is 5. The van der Waals surface area contributed by atoms with E-state index in [2.05, 4.69) is 10.2 Å². The third-order valence-corrected chi connectivity index (χ3v) is 5.98. The van der Waals surface area contributed by atoms with Crippen LogP contribution >= 0.6 is 23.2 Å². The number of nitrogens with one attached hydrogen (secondary N) is 1. The Labute approximate surface area is 186 Å². The summed E-state index contributed by atoms with van der Waals surface area (Å²) in [6, 6.07) is 9.01. The second kappa shape index (κ2) is 9.58. The molecule has 0 radical (unpaired) electrons. The first-order valence-electron chi connectivity index (χ1n) is 9.74. The molecule has 1 saturated heterocycles. The first-order valence-corrected chi connectivity index (χ1v) is 10.5. The van der Waals surface area contributed by atoms with Crippen LogP contribution in [0.25, 0.3) is 0 Å². The van der Waals surface area contributed by atoms with E-state index in [0.717, 1.165) is 16.8 Å². The summed E-state index contributed by atoms with van der Waals surface area (Å²) >= 11 is 12.6. The summed E-state index contributed by atoms with van der Waals surface area (Å²) in [5.74, 6) is 0.370. The largest absolute Gasteiger partial charge is 0.484 e. The molecule has 1 N–H and O–H groups in total. The SMILES string of the molecule is CC(=O)N1CCN(c2c(Cl)cccc2NC(=O)COc2cc(C)c(Cl)c(C)c2)CC1. The lowest BCUT2D eigenvalue weighted by Crippen LogP contribution is -2.48. The molecule has 6 nitrogen and oxygen atoms in total. The number of benzene rings is 2. The zero-order chi connectivity index (χ0) is 21.8. The molecule has 2 aromatic carbocycles. The van der Waals surface area contributed by atoms with Crippen LogP contribution in [0.1, 0.15) is 18.1 Å². The van der Waals surface area contributed by atoms with Crippen molar-refractivity contribution < 1.29 is 14.3 Å². The Morgan fingerprint density at radius 2 is 1.70 bits per heavy atom. The van der Waals surface area contributed by atoms with Crippen molar-refractivity contribution in [1.29, 1.82) is 0 Å². The minimum atomic E-state index is -0.286. The number of amides is 2. The molecule has 0 aromatic heterocycles. The van der Waals surface area contributed by atoms with Gasteiger partial charge in [-0.25, -0.2) is 0 Å². The first kappa shape index (κ1) is 22.2. The molecule has 0 aliphatic carbocycles. The summed E-state index contributed by atoms with van der Waals surface area (Å²) in [5, 5.41) is 4.14. The van der Waals surface area contributed by atoms with Crippen molar-refractivity contribution in [3.05, 3.63) is 51.5 Å². The van der Waals surface area contributed by atoms with Crippen LogP contribution in [0.4, 0.5) is 11.4 Å². The van der Waals surface area contributed by atoms with Gasteiger partial charge in [0.1, 0.15) is 5.75 Å². The number of hydrogen-bond donors (Lipinski definition) is 1. The number of anilines is 2. The van der Waals surface area contributed by atoms with Crippen LogP contribution in [-0.4, -0.2) is 49.5 Å². The minimum Gasteiger partial charge on any atom is -0.484 e. The fourth-order valence-corrected chi connectivity index (χ4v) is 3.91. The highest BCUT2D eigenvalue weighted by molar-refractivity contribution is 6.34. The highest BCUT2D eigenvalue weighted by atomic mass is 35.5. The maximum atomic E-state index is 12.5.